The Labute approximate surface area is 220 Å². The van der Waals surface area contributed by atoms with Gasteiger partial charge in [0.2, 0.25) is 0 Å². The van der Waals surface area contributed by atoms with Crippen LogP contribution in [0.15, 0.2) is 12.2 Å². The minimum absolute atomic E-state index is 0.355. The molecule has 0 radical (unpaired) electrons. The lowest BCUT2D eigenvalue weighted by atomic mass is 10.0. The van der Waals surface area contributed by atoms with Crippen molar-refractivity contribution in [2.24, 2.45) is 0 Å². The zero-order valence-corrected chi connectivity index (χ0v) is 25.3. The molecule has 0 amide bonds. The monoisotopic (exact) mass is 516 g/mol. The van der Waals surface area contributed by atoms with Crippen LogP contribution in [0.1, 0.15) is 149 Å². The van der Waals surface area contributed by atoms with Crippen LogP contribution in [0.3, 0.4) is 0 Å². The zero-order valence-electron chi connectivity index (χ0n) is 24.4. The summed E-state index contributed by atoms with van der Waals surface area (Å²) in [7, 11) is 2.27. The van der Waals surface area contributed by atoms with Crippen molar-refractivity contribution >= 4 is 7.60 Å². The van der Waals surface area contributed by atoms with Gasteiger partial charge in [0, 0.05) is 6.42 Å². The third-order valence-electron chi connectivity index (χ3n) is 7.07. The largest absolute Gasteiger partial charge is 0.385 e. The molecule has 2 unspecified atom stereocenters. The zero-order chi connectivity index (χ0) is 26.3. The second-order valence-electron chi connectivity index (χ2n) is 11.5. The smallest absolute Gasteiger partial charge is 0.320 e. The van der Waals surface area contributed by atoms with Gasteiger partial charge < -0.3 is 13.9 Å². The molecule has 4 nitrogen and oxygen atoms in total. The van der Waals surface area contributed by atoms with Gasteiger partial charge in [0.15, 0.2) is 5.78 Å². The van der Waals surface area contributed by atoms with Crippen molar-refractivity contribution in [3.8, 4) is 0 Å². The number of hydrogen-bond donors (Lipinski definition) is 1. The van der Waals surface area contributed by atoms with E-state index in [0.29, 0.717) is 17.5 Å². The van der Waals surface area contributed by atoms with Crippen LogP contribution in [0, 0.1) is 0 Å². The predicted molar refractivity (Wildman–Crippen MR) is 155 cm³/mol. The molecular formula is C30H63NO3P+. The molecule has 210 valence electrons. The maximum absolute atomic E-state index is 12.5. The quantitative estimate of drug-likeness (QED) is 0.0538. The van der Waals surface area contributed by atoms with E-state index in [4.69, 9.17) is 4.52 Å². The average Bonchev–Trinajstić information content (AvgIpc) is 2.78. The minimum Gasteiger partial charge on any atom is -0.320 e. The maximum Gasteiger partial charge on any atom is 0.385 e. The molecule has 1 N–H and O–H groups in total. The van der Waals surface area contributed by atoms with E-state index in [1.54, 1.807) is 0 Å². The van der Waals surface area contributed by atoms with Crippen molar-refractivity contribution in [3.63, 3.8) is 0 Å². The van der Waals surface area contributed by atoms with Gasteiger partial charge in [0.05, 0.1) is 27.7 Å². The summed E-state index contributed by atoms with van der Waals surface area (Å²) < 4.78 is 18.4. The molecular weight excluding hydrogens is 453 g/mol. The van der Waals surface area contributed by atoms with Gasteiger partial charge in [-0.1, -0.05) is 129 Å². The van der Waals surface area contributed by atoms with Crippen LogP contribution in [0.5, 0.6) is 0 Å². The van der Waals surface area contributed by atoms with Gasteiger partial charge in [-0.2, -0.15) is 0 Å². The van der Waals surface area contributed by atoms with Gasteiger partial charge in [-0.3, -0.25) is 4.57 Å². The average molecular weight is 517 g/mol. The van der Waals surface area contributed by atoms with E-state index in [-0.39, 0.29) is 5.78 Å². The molecule has 0 saturated carbocycles. The standard InChI is InChI=1S/C30H62NO3P/c1-6-8-9-10-11-12-13-14-15-16-17-18-19-20-21-22-23-24-25-26-27-28-29-34-35(32,33)30(7-2)31(3,4)5/h25-26,30H,6-24,27-29H2,1-5H3/p+1/b26-25-. The maximum atomic E-state index is 12.5. The summed E-state index contributed by atoms with van der Waals surface area (Å²) in [5.41, 5.74) is 0. The summed E-state index contributed by atoms with van der Waals surface area (Å²) in [5, 5.41) is 0. The Hall–Kier alpha value is -0.150. The molecule has 2 atom stereocenters. The third-order valence-corrected chi connectivity index (χ3v) is 9.43. The minimum atomic E-state index is -3.57. The fraction of sp³-hybridized carbons (Fsp3) is 0.933. The number of unbranched alkanes of at least 4 members (excludes halogenated alkanes) is 18. The molecule has 0 heterocycles. The number of rotatable bonds is 26. The van der Waals surface area contributed by atoms with Gasteiger partial charge in [-0.15, -0.1) is 0 Å². The summed E-state index contributed by atoms with van der Waals surface area (Å²) in [5.74, 6) is -0.363. The predicted octanol–water partition coefficient (Wildman–Crippen LogP) is 10.0. The molecule has 5 heteroatoms. The van der Waals surface area contributed by atoms with Gasteiger partial charge >= 0.3 is 7.60 Å². The molecule has 0 aliphatic carbocycles. The molecule has 0 aromatic carbocycles. The van der Waals surface area contributed by atoms with E-state index in [2.05, 4.69) is 19.1 Å². The Balaban J connectivity index is 3.41. The Morgan fingerprint density at radius 1 is 0.657 bits per heavy atom. The Morgan fingerprint density at radius 2 is 1.03 bits per heavy atom. The molecule has 0 fully saturated rings. The summed E-state index contributed by atoms with van der Waals surface area (Å²) in [6.07, 6.45) is 32.0. The highest BCUT2D eigenvalue weighted by Gasteiger charge is 2.41. The Kier molecular flexibility index (Phi) is 22.9. The fourth-order valence-electron chi connectivity index (χ4n) is 4.92. The summed E-state index contributed by atoms with van der Waals surface area (Å²) in [6.45, 7) is 4.59. The van der Waals surface area contributed by atoms with Crippen LogP contribution in [-0.2, 0) is 9.09 Å². The van der Waals surface area contributed by atoms with E-state index < -0.39 is 7.60 Å². The molecule has 0 bridgehead atoms. The number of quaternary nitrogens is 1. The van der Waals surface area contributed by atoms with Crippen molar-refractivity contribution in [1.82, 2.24) is 0 Å². The molecule has 35 heavy (non-hydrogen) atoms. The van der Waals surface area contributed by atoms with E-state index in [9.17, 15) is 9.46 Å². The first-order valence-corrected chi connectivity index (χ1v) is 16.8. The van der Waals surface area contributed by atoms with Crippen molar-refractivity contribution in [1.29, 1.82) is 0 Å². The molecule has 0 rings (SSSR count). The topological polar surface area (TPSA) is 46.5 Å². The van der Waals surface area contributed by atoms with Crippen molar-refractivity contribution in [2.45, 2.75) is 154 Å². The van der Waals surface area contributed by atoms with Crippen LogP contribution in [0.4, 0.5) is 0 Å². The highest BCUT2D eigenvalue weighted by atomic mass is 31.2. The lowest BCUT2D eigenvalue weighted by molar-refractivity contribution is -0.883. The van der Waals surface area contributed by atoms with Crippen molar-refractivity contribution in [2.75, 3.05) is 27.7 Å². The van der Waals surface area contributed by atoms with Crippen LogP contribution < -0.4 is 0 Å². The van der Waals surface area contributed by atoms with Crippen LogP contribution in [0.2, 0.25) is 0 Å². The normalized spacial score (nSPS) is 15.0. The summed E-state index contributed by atoms with van der Waals surface area (Å²) in [4.78, 5) is 10.3. The second-order valence-corrected chi connectivity index (χ2v) is 13.4. The van der Waals surface area contributed by atoms with E-state index in [1.165, 1.54) is 109 Å². The highest BCUT2D eigenvalue weighted by Crippen LogP contribution is 2.51. The second kappa shape index (κ2) is 23.0. The van der Waals surface area contributed by atoms with Crippen molar-refractivity contribution < 1.29 is 18.5 Å². The van der Waals surface area contributed by atoms with Gasteiger partial charge in [0.25, 0.3) is 0 Å². The number of allylic oxidation sites excluding steroid dienone is 2. The lowest BCUT2D eigenvalue weighted by Crippen LogP contribution is -2.44. The van der Waals surface area contributed by atoms with Crippen LogP contribution in [-0.4, -0.2) is 42.9 Å². The first-order chi connectivity index (χ1) is 16.8. The van der Waals surface area contributed by atoms with Gasteiger partial charge in [-0.25, -0.2) is 0 Å². The molecule has 0 saturated heterocycles. The van der Waals surface area contributed by atoms with Crippen molar-refractivity contribution in [3.05, 3.63) is 12.2 Å². The highest BCUT2D eigenvalue weighted by molar-refractivity contribution is 7.53. The Morgan fingerprint density at radius 3 is 1.40 bits per heavy atom. The first-order valence-electron chi connectivity index (χ1n) is 15.2. The summed E-state index contributed by atoms with van der Waals surface area (Å²) >= 11 is 0. The van der Waals surface area contributed by atoms with Gasteiger partial charge in [0.1, 0.15) is 0 Å². The lowest BCUT2D eigenvalue weighted by Gasteiger charge is -2.35. The summed E-state index contributed by atoms with van der Waals surface area (Å²) in [6, 6.07) is 0. The third kappa shape index (κ3) is 21.6. The van der Waals surface area contributed by atoms with Crippen LogP contribution >= 0.6 is 7.60 Å². The molecule has 0 aromatic heterocycles. The SMILES string of the molecule is CCCCCCCCCCCCCCCCCCC/C=C\CCCOP(=O)(O)C(CC)[N+](C)(C)C. The van der Waals surface area contributed by atoms with Gasteiger partial charge in [-0.05, 0) is 25.7 Å². The molecule has 0 spiro atoms. The van der Waals surface area contributed by atoms with E-state index in [0.717, 1.165) is 19.3 Å². The fourth-order valence-corrected chi connectivity index (χ4v) is 6.82. The molecule has 0 aliphatic heterocycles. The molecule has 0 aromatic rings. The number of nitrogens with zero attached hydrogens (tertiary/aromatic N) is 1. The van der Waals surface area contributed by atoms with E-state index in [1.807, 2.05) is 28.1 Å². The molecule has 0 aliphatic rings. The Bertz CT molecular complexity index is 530. The van der Waals surface area contributed by atoms with Crippen LogP contribution in [0.25, 0.3) is 0 Å². The van der Waals surface area contributed by atoms with E-state index >= 15 is 0 Å². The first kappa shape index (κ1) is 34.9. The number of hydrogen-bond acceptors (Lipinski definition) is 2.